The van der Waals surface area contributed by atoms with E-state index in [1.165, 1.54) is 29.1 Å². The number of thioether (sulfide) groups is 2. The molecular weight excluding hydrogens is 284 g/mol. The second-order valence-corrected chi connectivity index (χ2v) is 6.53. The number of carbonyl (C=O) groups is 1. The van der Waals surface area contributed by atoms with Crippen molar-refractivity contribution in [3.8, 4) is 0 Å². The molecule has 0 saturated carbocycles. The van der Waals surface area contributed by atoms with Crippen molar-refractivity contribution in [1.82, 2.24) is 0 Å². The van der Waals surface area contributed by atoms with Gasteiger partial charge in [-0.15, -0.1) is 6.58 Å². The second kappa shape index (κ2) is 7.98. The molecule has 0 amide bonds. The van der Waals surface area contributed by atoms with Gasteiger partial charge >= 0.3 is 0 Å². The minimum absolute atomic E-state index is 0.0203. The summed E-state index contributed by atoms with van der Waals surface area (Å²) < 4.78 is 0.127. The summed E-state index contributed by atoms with van der Waals surface area (Å²) in [6.07, 6.45) is 1.82. The Kier molecular flexibility index (Phi) is 5.96. The maximum absolute atomic E-state index is 12.0. The first kappa shape index (κ1) is 14.9. The summed E-state index contributed by atoms with van der Waals surface area (Å²) in [5, 5.41) is 0.0203. The van der Waals surface area contributed by atoms with Gasteiger partial charge in [0.05, 0.1) is 5.25 Å². The van der Waals surface area contributed by atoms with Gasteiger partial charge < -0.3 is 0 Å². The van der Waals surface area contributed by atoms with Gasteiger partial charge in [0, 0.05) is 5.75 Å². The highest BCUT2D eigenvalue weighted by Crippen LogP contribution is 2.35. The van der Waals surface area contributed by atoms with Gasteiger partial charge in [-0.2, -0.15) is 0 Å². The molecule has 2 rings (SSSR count). The molecule has 0 aliphatic heterocycles. The fraction of sp³-hybridized carbons (Fsp3) is 0.118. The molecule has 0 aliphatic carbocycles. The van der Waals surface area contributed by atoms with Crippen molar-refractivity contribution >= 4 is 28.0 Å². The predicted octanol–water partition coefficient (Wildman–Crippen LogP) is 5.70. The fourth-order valence-electron chi connectivity index (χ4n) is 1.75. The third kappa shape index (κ3) is 4.58. The summed E-state index contributed by atoms with van der Waals surface area (Å²) in [4.78, 5) is 12.0. The summed E-state index contributed by atoms with van der Waals surface area (Å²) >= 11 is 2.67. The van der Waals surface area contributed by atoms with Crippen LogP contribution < -0.4 is 0 Å². The molecule has 1 atom stereocenters. The summed E-state index contributed by atoms with van der Waals surface area (Å²) in [6, 6.07) is 20.0. The SMILES string of the molecule is C=C[C@H](SC(=O)SCc1ccccc1)c1ccccc1. The highest BCUT2D eigenvalue weighted by Gasteiger charge is 2.13. The first-order valence-corrected chi connectivity index (χ1v) is 8.21. The Morgan fingerprint density at radius 1 is 1.05 bits per heavy atom. The van der Waals surface area contributed by atoms with Crippen LogP contribution in [0.2, 0.25) is 0 Å². The van der Waals surface area contributed by atoms with Gasteiger partial charge in [-0.05, 0) is 11.1 Å². The van der Waals surface area contributed by atoms with E-state index in [4.69, 9.17) is 0 Å². The number of carbonyl (C=O) groups excluding carboxylic acids is 1. The number of hydrogen-bond donors (Lipinski definition) is 0. The van der Waals surface area contributed by atoms with Crippen molar-refractivity contribution in [1.29, 1.82) is 0 Å². The average molecular weight is 300 g/mol. The van der Waals surface area contributed by atoms with Crippen LogP contribution in [0.3, 0.4) is 0 Å². The zero-order valence-corrected chi connectivity index (χ0v) is 12.7. The van der Waals surface area contributed by atoms with Crippen LogP contribution in [0.15, 0.2) is 73.3 Å². The molecule has 0 saturated heterocycles. The van der Waals surface area contributed by atoms with E-state index >= 15 is 0 Å². The molecule has 2 aromatic rings. The van der Waals surface area contributed by atoms with E-state index in [2.05, 4.69) is 6.58 Å². The maximum atomic E-state index is 12.0. The molecule has 0 aliphatic rings. The lowest BCUT2D eigenvalue weighted by Gasteiger charge is -2.11. The zero-order valence-electron chi connectivity index (χ0n) is 11.1. The quantitative estimate of drug-likeness (QED) is 0.659. The van der Waals surface area contributed by atoms with E-state index in [0.717, 1.165) is 5.56 Å². The van der Waals surface area contributed by atoms with Crippen molar-refractivity contribution in [2.45, 2.75) is 11.0 Å². The Morgan fingerprint density at radius 3 is 2.25 bits per heavy atom. The van der Waals surface area contributed by atoms with Gasteiger partial charge in [0.25, 0.3) is 0 Å². The van der Waals surface area contributed by atoms with Crippen LogP contribution >= 0.6 is 23.5 Å². The molecule has 2 aromatic carbocycles. The molecule has 0 heterocycles. The van der Waals surface area contributed by atoms with E-state index in [-0.39, 0.29) is 9.70 Å². The van der Waals surface area contributed by atoms with Crippen molar-refractivity contribution < 1.29 is 4.79 Å². The number of benzene rings is 2. The molecule has 0 radical (unpaired) electrons. The first-order chi connectivity index (χ1) is 9.79. The minimum Gasteiger partial charge on any atom is -0.274 e. The molecule has 0 N–H and O–H groups in total. The molecule has 20 heavy (non-hydrogen) atoms. The van der Waals surface area contributed by atoms with Crippen LogP contribution in [0.5, 0.6) is 0 Å². The molecule has 102 valence electrons. The van der Waals surface area contributed by atoms with Crippen LogP contribution in [0.25, 0.3) is 0 Å². The second-order valence-electron chi connectivity index (χ2n) is 4.21. The standard InChI is InChI=1S/C17H16OS2/c1-2-16(15-11-7-4-8-12-15)20-17(18)19-13-14-9-5-3-6-10-14/h2-12,16H,1,13H2/t16-/m0/s1. The molecular formula is C17H16OS2. The van der Waals surface area contributed by atoms with Crippen molar-refractivity contribution in [2.24, 2.45) is 0 Å². The van der Waals surface area contributed by atoms with E-state index in [1.807, 2.05) is 66.7 Å². The predicted molar refractivity (Wildman–Crippen MR) is 90.1 cm³/mol. The Morgan fingerprint density at radius 2 is 1.65 bits per heavy atom. The summed E-state index contributed by atoms with van der Waals surface area (Å²) in [5.41, 5.74) is 2.28. The monoisotopic (exact) mass is 300 g/mol. The average Bonchev–Trinajstić information content (AvgIpc) is 2.52. The van der Waals surface area contributed by atoms with Gasteiger partial charge in [0.1, 0.15) is 0 Å². The van der Waals surface area contributed by atoms with Crippen LogP contribution in [-0.4, -0.2) is 4.45 Å². The van der Waals surface area contributed by atoms with Crippen molar-refractivity contribution in [3.63, 3.8) is 0 Å². The zero-order chi connectivity index (χ0) is 14.2. The van der Waals surface area contributed by atoms with Gasteiger partial charge in [0.2, 0.25) is 4.45 Å². The fourth-order valence-corrected chi connectivity index (χ4v) is 3.58. The lowest BCUT2D eigenvalue weighted by molar-refractivity contribution is 0.276. The van der Waals surface area contributed by atoms with Crippen LogP contribution in [0.1, 0.15) is 16.4 Å². The normalized spacial score (nSPS) is 11.8. The van der Waals surface area contributed by atoms with E-state index in [9.17, 15) is 4.79 Å². The molecule has 0 spiro atoms. The molecule has 3 heteroatoms. The van der Waals surface area contributed by atoms with E-state index < -0.39 is 0 Å². The van der Waals surface area contributed by atoms with Crippen LogP contribution in [0.4, 0.5) is 4.79 Å². The largest absolute Gasteiger partial charge is 0.274 e. The van der Waals surface area contributed by atoms with Crippen LogP contribution in [0, 0.1) is 0 Å². The van der Waals surface area contributed by atoms with Gasteiger partial charge in [0.15, 0.2) is 0 Å². The number of hydrogen-bond acceptors (Lipinski definition) is 3. The van der Waals surface area contributed by atoms with Gasteiger partial charge in [-0.3, -0.25) is 4.79 Å². The highest BCUT2D eigenvalue weighted by atomic mass is 32.2. The Labute approximate surface area is 128 Å². The Bertz CT molecular complexity index is 552. The Balaban J connectivity index is 1.88. The highest BCUT2D eigenvalue weighted by molar-refractivity contribution is 8.38. The topological polar surface area (TPSA) is 17.1 Å². The molecule has 0 bridgehead atoms. The third-order valence-electron chi connectivity index (χ3n) is 2.76. The van der Waals surface area contributed by atoms with Crippen molar-refractivity contribution in [3.05, 3.63) is 84.4 Å². The van der Waals surface area contributed by atoms with E-state index in [1.54, 1.807) is 0 Å². The smallest absolute Gasteiger partial charge is 0.247 e. The minimum atomic E-state index is 0.0203. The van der Waals surface area contributed by atoms with Crippen LogP contribution in [-0.2, 0) is 5.75 Å². The van der Waals surface area contributed by atoms with Gasteiger partial charge in [-0.1, -0.05) is 90.3 Å². The third-order valence-corrected chi connectivity index (χ3v) is 5.03. The molecule has 0 unspecified atom stereocenters. The summed E-state index contributed by atoms with van der Waals surface area (Å²) in [5.74, 6) is 0.714. The summed E-state index contributed by atoms with van der Waals surface area (Å²) in [7, 11) is 0. The number of rotatable bonds is 5. The summed E-state index contributed by atoms with van der Waals surface area (Å²) in [6.45, 7) is 3.83. The lowest BCUT2D eigenvalue weighted by Crippen LogP contribution is -1.93. The molecule has 0 aromatic heterocycles. The Hall–Kier alpha value is -1.45. The van der Waals surface area contributed by atoms with Gasteiger partial charge in [-0.25, -0.2) is 0 Å². The first-order valence-electron chi connectivity index (χ1n) is 6.34. The van der Waals surface area contributed by atoms with E-state index in [0.29, 0.717) is 5.75 Å². The molecule has 1 nitrogen and oxygen atoms in total. The molecule has 0 fully saturated rings. The van der Waals surface area contributed by atoms with Crippen molar-refractivity contribution in [2.75, 3.05) is 0 Å². The maximum Gasteiger partial charge on any atom is 0.247 e. The lowest BCUT2D eigenvalue weighted by atomic mass is 10.1.